The number of rotatable bonds is 5. The minimum Gasteiger partial charge on any atom is -0.492 e. The Morgan fingerprint density at radius 1 is 1.19 bits per heavy atom. The summed E-state index contributed by atoms with van der Waals surface area (Å²) in [6, 6.07) is 5.26. The molecule has 9 heteroatoms. The Labute approximate surface area is 162 Å². The number of morpholine rings is 1. The van der Waals surface area contributed by atoms with E-state index in [-0.39, 0.29) is 0 Å². The van der Waals surface area contributed by atoms with Crippen molar-refractivity contribution in [3.8, 4) is 5.75 Å². The summed E-state index contributed by atoms with van der Waals surface area (Å²) < 4.78 is 11.4. The van der Waals surface area contributed by atoms with Crippen molar-refractivity contribution < 1.29 is 29.3 Å². The van der Waals surface area contributed by atoms with E-state index in [0.29, 0.717) is 34.6 Å². The van der Waals surface area contributed by atoms with Crippen molar-refractivity contribution in [2.24, 2.45) is 0 Å². The molecule has 0 saturated carbocycles. The summed E-state index contributed by atoms with van der Waals surface area (Å²) >= 11 is 12.0. The molecular formula is C17H23Cl2NO6. The van der Waals surface area contributed by atoms with Gasteiger partial charge in [0.05, 0.1) is 23.8 Å². The molecule has 2 N–H and O–H groups in total. The zero-order chi connectivity index (χ0) is 19.7. The largest absolute Gasteiger partial charge is 0.492 e. The van der Waals surface area contributed by atoms with E-state index in [4.69, 9.17) is 52.5 Å². The van der Waals surface area contributed by atoms with Gasteiger partial charge in [0.25, 0.3) is 0 Å². The molecule has 0 amide bonds. The number of nitrogens with zero attached hydrogens (tertiary/aromatic N) is 1. The molecule has 146 valence electrons. The first-order valence-electron chi connectivity index (χ1n) is 8.11. The molecule has 0 bridgehead atoms. The van der Waals surface area contributed by atoms with Crippen molar-refractivity contribution in [1.29, 1.82) is 0 Å². The standard InChI is InChI=1S/C15H21Cl2NO2.C2H2O4/c1-11-9-18(10-12(2)20-11)6-3-7-19-15-8-13(16)4-5-14(15)17;3-1(4)2(5)6/h4-5,8,11-12H,3,6-7,9-10H2,1-2H3;(H,3,4)(H,5,6). The number of aliphatic carboxylic acids is 2. The van der Waals surface area contributed by atoms with Gasteiger partial charge in [0, 0.05) is 30.7 Å². The van der Waals surface area contributed by atoms with Crippen LogP contribution in [0.5, 0.6) is 5.75 Å². The molecule has 1 heterocycles. The second-order valence-electron chi connectivity index (χ2n) is 5.90. The van der Waals surface area contributed by atoms with Gasteiger partial charge in [0.1, 0.15) is 5.75 Å². The van der Waals surface area contributed by atoms with Crippen LogP contribution in [0.2, 0.25) is 10.0 Å². The van der Waals surface area contributed by atoms with Crippen LogP contribution < -0.4 is 4.74 Å². The number of carboxylic acids is 2. The Balaban J connectivity index is 0.000000487. The summed E-state index contributed by atoms with van der Waals surface area (Å²) in [4.78, 5) is 20.6. The predicted molar refractivity (Wildman–Crippen MR) is 98.3 cm³/mol. The van der Waals surface area contributed by atoms with E-state index in [0.717, 1.165) is 26.1 Å². The minimum absolute atomic E-state index is 0.307. The van der Waals surface area contributed by atoms with Crippen molar-refractivity contribution in [2.75, 3.05) is 26.2 Å². The summed E-state index contributed by atoms with van der Waals surface area (Å²) in [5.74, 6) is -2.99. The maximum absolute atomic E-state index is 9.10. The Kier molecular flexibility index (Phi) is 9.72. The predicted octanol–water partition coefficient (Wildman–Crippen LogP) is 3.03. The Bertz CT molecular complexity index is 591. The minimum atomic E-state index is -1.82. The number of hydrogen-bond donors (Lipinski definition) is 2. The number of hydrogen-bond acceptors (Lipinski definition) is 5. The van der Waals surface area contributed by atoms with Crippen molar-refractivity contribution in [2.45, 2.75) is 32.5 Å². The Morgan fingerprint density at radius 3 is 2.31 bits per heavy atom. The first-order valence-corrected chi connectivity index (χ1v) is 8.86. The molecule has 7 nitrogen and oxygen atoms in total. The highest BCUT2D eigenvalue weighted by molar-refractivity contribution is 6.34. The van der Waals surface area contributed by atoms with Gasteiger partial charge in [-0.1, -0.05) is 23.2 Å². The van der Waals surface area contributed by atoms with E-state index in [1.165, 1.54) is 0 Å². The number of ether oxygens (including phenoxy) is 2. The smallest absolute Gasteiger partial charge is 0.414 e. The lowest BCUT2D eigenvalue weighted by Gasteiger charge is -2.35. The van der Waals surface area contributed by atoms with Gasteiger partial charge in [-0.3, -0.25) is 4.90 Å². The molecular weight excluding hydrogens is 385 g/mol. The van der Waals surface area contributed by atoms with Crippen molar-refractivity contribution in [1.82, 2.24) is 4.90 Å². The molecule has 1 saturated heterocycles. The highest BCUT2D eigenvalue weighted by atomic mass is 35.5. The molecule has 0 spiro atoms. The molecule has 0 aromatic heterocycles. The third kappa shape index (κ3) is 8.71. The zero-order valence-corrected chi connectivity index (χ0v) is 16.2. The van der Waals surface area contributed by atoms with E-state index in [1.54, 1.807) is 18.2 Å². The van der Waals surface area contributed by atoms with Gasteiger partial charge in [0.15, 0.2) is 0 Å². The molecule has 0 radical (unpaired) electrons. The van der Waals surface area contributed by atoms with Crippen LogP contribution in [0.25, 0.3) is 0 Å². The number of benzene rings is 1. The number of carboxylic acid groups (broad SMARTS) is 2. The van der Waals surface area contributed by atoms with Crippen LogP contribution >= 0.6 is 23.2 Å². The maximum Gasteiger partial charge on any atom is 0.414 e. The molecule has 2 unspecified atom stereocenters. The van der Waals surface area contributed by atoms with E-state index < -0.39 is 11.9 Å². The summed E-state index contributed by atoms with van der Waals surface area (Å²) in [5, 5.41) is 16.0. The first-order chi connectivity index (χ1) is 12.2. The molecule has 2 atom stereocenters. The number of halogens is 2. The SMILES string of the molecule is CC1CN(CCCOc2cc(Cl)ccc2Cl)CC(C)O1.O=C(O)C(=O)O. The monoisotopic (exact) mass is 407 g/mol. The highest BCUT2D eigenvalue weighted by Crippen LogP contribution is 2.27. The Morgan fingerprint density at radius 2 is 1.77 bits per heavy atom. The summed E-state index contributed by atoms with van der Waals surface area (Å²) in [6.45, 7) is 7.86. The van der Waals surface area contributed by atoms with Crippen molar-refractivity contribution in [3.05, 3.63) is 28.2 Å². The van der Waals surface area contributed by atoms with Crippen molar-refractivity contribution >= 4 is 35.1 Å². The molecule has 1 aromatic rings. The molecule has 1 fully saturated rings. The lowest BCUT2D eigenvalue weighted by molar-refractivity contribution is -0.159. The van der Waals surface area contributed by atoms with E-state index in [9.17, 15) is 0 Å². The summed E-state index contributed by atoms with van der Waals surface area (Å²) in [7, 11) is 0. The fourth-order valence-electron chi connectivity index (χ4n) is 2.53. The summed E-state index contributed by atoms with van der Waals surface area (Å²) in [5.41, 5.74) is 0. The second kappa shape index (κ2) is 11.2. The number of carbonyl (C=O) groups is 2. The highest BCUT2D eigenvalue weighted by Gasteiger charge is 2.21. The van der Waals surface area contributed by atoms with Gasteiger partial charge in [-0.15, -0.1) is 0 Å². The Hall–Kier alpha value is -1.54. The topological polar surface area (TPSA) is 96.3 Å². The second-order valence-corrected chi connectivity index (χ2v) is 6.75. The third-order valence-corrected chi connectivity index (χ3v) is 4.00. The quantitative estimate of drug-likeness (QED) is 0.571. The van der Waals surface area contributed by atoms with Crippen LogP contribution in [-0.2, 0) is 14.3 Å². The maximum atomic E-state index is 9.10. The molecule has 1 aliphatic heterocycles. The van der Waals surface area contributed by atoms with E-state index in [2.05, 4.69) is 18.7 Å². The van der Waals surface area contributed by atoms with Crippen LogP contribution in [0, 0.1) is 0 Å². The molecule has 1 aliphatic rings. The van der Waals surface area contributed by atoms with Gasteiger partial charge in [-0.05, 0) is 32.4 Å². The van der Waals surface area contributed by atoms with Crippen LogP contribution in [-0.4, -0.2) is 65.5 Å². The van der Waals surface area contributed by atoms with Gasteiger partial charge >= 0.3 is 11.9 Å². The zero-order valence-electron chi connectivity index (χ0n) is 14.7. The average molecular weight is 408 g/mol. The lowest BCUT2D eigenvalue weighted by atomic mass is 10.2. The van der Waals surface area contributed by atoms with Gasteiger partial charge < -0.3 is 19.7 Å². The fraction of sp³-hybridized carbons (Fsp3) is 0.529. The van der Waals surface area contributed by atoms with Gasteiger partial charge in [-0.25, -0.2) is 9.59 Å². The normalized spacial score (nSPS) is 20.0. The van der Waals surface area contributed by atoms with Crippen LogP contribution in [0.15, 0.2) is 18.2 Å². The molecule has 1 aromatic carbocycles. The molecule has 0 aliphatic carbocycles. The van der Waals surface area contributed by atoms with E-state index in [1.807, 2.05) is 0 Å². The van der Waals surface area contributed by atoms with E-state index >= 15 is 0 Å². The molecule has 26 heavy (non-hydrogen) atoms. The fourth-order valence-corrected chi connectivity index (χ4v) is 2.86. The summed E-state index contributed by atoms with van der Waals surface area (Å²) in [6.07, 6.45) is 1.58. The van der Waals surface area contributed by atoms with Crippen LogP contribution in [0.3, 0.4) is 0 Å². The van der Waals surface area contributed by atoms with Gasteiger partial charge in [-0.2, -0.15) is 0 Å². The van der Waals surface area contributed by atoms with Crippen molar-refractivity contribution in [3.63, 3.8) is 0 Å². The van der Waals surface area contributed by atoms with Crippen LogP contribution in [0.1, 0.15) is 20.3 Å². The first kappa shape index (κ1) is 22.5. The molecule has 2 rings (SSSR count). The van der Waals surface area contributed by atoms with Crippen LogP contribution in [0.4, 0.5) is 0 Å². The third-order valence-electron chi connectivity index (χ3n) is 3.45. The lowest BCUT2D eigenvalue weighted by Crippen LogP contribution is -2.45. The van der Waals surface area contributed by atoms with Gasteiger partial charge in [0.2, 0.25) is 0 Å². The average Bonchev–Trinajstić information content (AvgIpc) is 2.54.